The van der Waals surface area contributed by atoms with E-state index in [4.69, 9.17) is 0 Å². The van der Waals surface area contributed by atoms with Gasteiger partial charge in [-0.3, -0.25) is 0 Å². The second-order valence-electron chi connectivity index (χ2n) is 12.1. The first-order chi connectivity index (χ1) is 27.5. The van der Waals surface area contributed by atoms with Crippen LogP contribution in [-0.4, -0.2) is 0 Å². The number of rotatable bonds is 9. The lowest BCUT2D eigenvalue weighted by atomic mass is 10.1. The summed E-state index contributed by atoms with van der Waals surface area (Å²) < 4.78 is 208. The zero-order chi connectivity index (χ0) is 42.2. The average molecular weight is 822 g/mol. The summed E-state index contributed by atoms with van der Waals surface area (Å²) in [7, 11) is 0. The number of nitrogens with zero attached hydrogens (tertiary/aromatic N) is 1. The maximum atomic E-state index is 14.2. The van der Waals surface area contributed by atoms with Crippen molar-refractivity contribution in [1.29, 1.82) is 0 Å². The van der Waals surface area contributed by atoms with Crippen molar-refractivity contribution in [3.63, 3.8) is 0 Å². The molecular weight excluding hydrogens is 803 g/mol. The Morgan fingerprint density at radius 3 is 0.586 bits per heavy atom. The molecule has 6 aromatic rings. The van der Waals surface area contributed by atoms with E-state index in [0.717, 1.165) is 18.2 Å². The first kappa shape index (κ1) is 40.9. The van der Waals surface area contributed by atoms with Crippen LogP contribution in [0.3, 0.4) is 0 Å². The van der Waals surface area contributed by atoms with Gasteiger partial charge in [0.25, 0.3) is 0 Å². The summed E-state index contributed by atoms with van der Waals surface area (Å²) in [6.07, 6.45) is 5.26. The smallest absolute Gasteiger partial charge is 0.200 e. The number of hydrogen-bond acceptors (Lipinski definition) is 1. The lowest BCUT2D eigenvalue weighted by molar-refractivity contribution is 0.377. The normalized spacial score (nSPS) is 11.8. The summed E-state index contributed by atoms with van der Waals surface area (Å²) in [5.41, 5.74) is -1.78. The van der Waals surface area contributed by atoms with Crippen LogP contribution in [0.1, 0.15) is 33.4 Å². The number of anilines is 3. The SMILES string of the molecule is Fc1c(F)c(F)c(/C=C/c2ccc(N(c3ccc(/C=C/c4c(F)c(F)c(F)c(F)c4F)cc3)c3ccc(/C=C/c4c(F)c(F)c(F)c(F)c4F)cc3)cc2)c(F)c1F. The highest BCUT2D eigenvalue weighted by Crippen LogP contribution is 2.36. The zero-order valence-corrected chi connectivity index (χ0v) is 28.5. The third kappa shape index (κ3) is 7.69. The van der Waals surface area contributed by atoms with Crippen LogP contribution in [0.25, 0.3) is 36.5 Å². The molecule has 0 N–H and O–H groups in total. The molecule has 0 unspecified atom stereocenters. The molecule has 0 saturated heterocycles. The van der Waals surface area contributed by atoms with E-state index < -0.39 is 104 Å². The standard InChI is InChI=1S/C42H18F15N/c43-28-25(29(44)35(50)40(55)34(28)49)16-7-19-1-10-22(11-2-19)58(23-12-3-20(4-13-23)8-17-26-30(45)36(51)41(56)37(52)31(26)46)24-14-5-21(6-15-24)9-18-27-32(47)38(53)42(57)39(54)33(27)48/h1-18H/b16-7+,17-8+,18-9+. The van der Waals surface area contributed by atoms with Crippen LogP contribution < -0.4 is 4.90 Å². The molecule has 16 heteroatoms. The summed E-state index contributed by atoms with van der Waals surface area (Å²) >= 11 is 0. The topological polar surface area (TPSA) is 3.24 Å². The van der Waals surface area contributed by atoms with Crippen LogP contribution in [-0.2, 0) is 0 Å². The fourth-order valence-corrected chi connectivity index (χ4v) is 5.49. The van der Waals surface area contributed by atoms with Gasteiger partial charge in [-0.25, -0.2) is 65.9 Å². The first-order valence-electron chi connectivity index (χ1n) is 16.2. The molecule has 58 heavy (non-hydrogen) atoms. The molecule has 0 aromatic heterocycles. The first-order valence-corrected chi connectivity index (χ1v) is 16.2. The third-order valence-corrected chi connectivity index (χ3v) is 8.51. The molecule has 0 amide bonds. The Bertz CT molecular complexity index is 2270. The van der Waals surface area contributed by atoms with Gasteiger partial charge in [0.15, 0.2) is 69.8 Å². The monoisotopic (exact) mass is 821 g/mol. The minimum absolute atomic E-state index is 0.231. The molecule has 0 aliphatic heterocycles. The molecule has 0 atom stereocenters. The highest BCUT2D eigenvalue weighted by molar-refractivity contribution is 5.81. The number of benzene rings is 6. The van der Waals surface area contributed by atoms with Crippen molar-refractivity contribution in [2.24, 2.45) is 0 Å². The maximum absolute atomic E-state index is 14.2. The molecule has 0 aliphatic carbocycles. The Morgan fingerprint density at radius 1 is 0.224 bits per heavy atom. The predicted octanol–water partition coefficient (Wildman–Crippen LogP) is 13.8. The van der Waals surface area contributed by atoms with Gasteiger partial charge in [-0.1, -0.05) is 54.6 Å². The minimum Gasteiger partial charge on any atom is -0.311 e. The van der Waals surface area contributed by atoms with E-state index in [1.54, 1.807) is 4.90 Å². The van der Waals surface area contributed by atoms with Crippen LogP contribution in [0.5, 0.6) is 0 Å². The molecule has 1 nitrogen and oxygen atoms in total. The number of halogens is 15. The summed E-state index contributed by atoms with van der Waals surface area (Å²) in [4.78, 5) is 1.58. The van der Waals surface area contributed by atoms with Crippen LogP contribution in [0.4, 0.5) is 82.9 Å². The van der Waals surface area contributed by atoms with Gasteiger partial charge < -0.3 is 4.90 Å². The Hall–Kier alpha value is -6.71. The Morgan fingerprint density at radius 2 is 0.397 bits per heavy atom. The van der Waals surface area contributed by atoms with Gasteiger partial charge in [-0.05, 0) is 71.3 Å². The lowest BCUT2D eigenvalue weighted by Gasteiger charge is -2.26. The summed E-state index contributed by atoms with van der Waals surface area (Å²) in [5, 5.41) is 0. The van der Waals surface area contributed by atoms with Crippen molar-refractivity contribution in [3.8, 4) is 0 Å². The van der Waals surface area contributed by atoms with E-state index in [9.17, 15) is 65.9 Å². The molecule has 0 fully saturated rings. The lowest BCUT2D eigenvalue weighted by Crippen LogP contribution is -2.09. The van der Waals surface area contributed by atoms with Gasteiger partial charge >= 0.3 is 0 Å². The van der Waals surface area contributed by atoms with Gasteiger partial charge in [-0.15, -0.1) is 0 Å². The molecular formula is C42H18F15N. The largest absolute Gasteiger partial charge is 0.311 e. The van der Waals surface area contributed by atoms with Crippen LogP contribution in [0.15, 0.2) is 72.8 Å². The Labute approximate surface area is 317 Å². The van der Waals surface area contributed by atoms with Crippen molar-refractivity contribution in [3.05, 3.63) is 193 Å². The zero-order valence-electron chi connectivity index (χ0n) is 28.5. The fraction of sp³-hybridized carbons (Fsp3) is 0. The van der Waals surface area contributed by atoms with Crippen molar-refractivity contribution in [2.75, 3.05) is 4.90 Å². The van der Waals surface area contributed by atoms with Crippen molar-refractivity contribution in [1.82, 2.24) is 0 Å². The average Bonchev–Trinajstić information content (AvgIpc) is 3.23. The van der Waals surface area contributed by atoms with Gasteiger partial charge in [-0.2, -0.15) is 0 Å². The van der Waals surface area contributed by atoms with Crippen molar-refractivity contribution < 1.29 is 65.9 Å². The van der Waals surface area contributed by atoms with E-state index in [0.29, 0.717) is 35.3 Å². The summed E-state index contributed by atoms with van der Waals surface area (Å²) in [6.45, 7) is 0. The third-order valence-electron chi connectivity index (χ3n) is 8.51. The summed E-state index contributed by atoms with van der Waals surface area (Å²) in [6, 6.07) is 17.3. The quantitative estimate of drug-likeness (QED) is 0.0608. The molecule has 0 saturated carbocycles. The maximum Gasteiger partial charge on any atom is 0.200 e. The van der Waals surface area contributed by atoms with Crippen molar-refractivity contribution >= 4 is 53.5 Å². The van der Waals surface area contributed by atoms with Crippen LogP contribution >= 0.6 is 0 Å². The van der Waals surface area contributed by atoms with E-state index in [2.05, 4.69) is 0 Å². The minimum atomic E-state index is -2.33. The predicted molar refractivity (Wildman–Crippen MR) is 187 cm³/mol. The van der Waals surface area contributed by atoms with Crippen molar-refractivity contribution in [2.45, 2.75) is 0 Å². The van der Waals surface area contributed by atoms with Gasteiger partial charge in [0.1, 0.15) is 0 Å². The molecule has 0 radical (unpaired) electrons. The summed E-state index contributed by atoms with van der Waals surface area (Å²) in [5.74, 6) is -32.1. The molecule has 296 valence electrons. The highest BCUT2D eigenvalue weighted by Gasteiger charge is 2.26. The van der Waals surface area contributed by atoms with Gasteiger partial charge in [0.2, 0.25) is 17.5 Å². The fourth-order valence-electron chi connectivity index (χ4n) is 5.49. The molecule has 0 aliphatic rings. The van der Waals surface area contributed by atoms with Gasteiger partial charge in [0.05, 0.1) is 16.7 Å². The number of hydrogen-bond donors (Lipinski definition) is 0. The molecule has 6 rings (SSSR count). The second-order valence-corrected chi connectivity index (χ2v) is 12.1. The highest BCUT2D eigenvalue weighted by atomic mass is 19.2. The molecule has 0 bridgehead atoms. The molecule has 6 aromatic carbocycles. The Balaban J connectivity index is 1.35. The van der Waals surface area contributed by atoms with E-state index in [-0.39, 0.29) is 16.7 Å². The van der Waals surface area contributed by atoms with Crippen LogP contribution in [0, 0.1) is 87.3 Å². The molecule has 0 spiro atoms. The Kier molecular flexibility index (Phi) is 11.6. The molecule has 0 heterocycles. The van der Waals surface area contributed by atoms with E-state index in [1.807, 2.05) is 0 Å². The van der Waals surface area contributed by atoms with Crippen LogP contribution in [0.2, 0.25) is 0 Å². The van der Waals surface area contributed by atoms with Gasteiger partial charge in [0, 0.05) is 17.1 Å². The van der Waals surface area contributed by atoms with E-state index >= 15 is 0 Å². The van der Waals surface area contributed by atoms with E-state index in [1.165, 1.54) is 72.8 Å². The second kappa shape index (κ2) is 16.4.